The molecule has 0 fully saturated rings. The van der Waals surface area contributed by atoms with Gasteiger partial charge in [-0.3, -0.25) is 0 Å². The van der Waals surface area contributed by atoms with E-state index in [4.69, 9.17) is 0 Å². The van der Waals surface area contributed by atoms with Gasteiger partial charge in [0.1, 0.15) is 0 Å². The average molecular weight is 322 g/mol. The summed E-state index contributed by atoms with van der Waals surface area (Å²) in [7, 11) is 0. The van der Waals surface area contributed by atoms with Crippen molar-refractivity contribution in [2.75, 3.05) is 10.6 Å². The molecule has 5 nitrogen and oxygen atoms in total. The first-order valence-electron chi connectivity index (χ1n) is 6.04. The maximum Gasteiger partial charge on any atom is 0.249 e. The largest absolute Gasteiger partial charge is 0.366 e. The highest BCUT2D eigenvalue weighted by molar-refractivity contribution is 9.10. The number of benzene rings is 1. The van der Waals surface area contributed by atoms with Crippen molar-refractivity contribution in [3.63, 3.8) is 0 Å². The Morgan fingerprint density at radius 2 is 2.05 bits per heavy atom. The Labute approximate surface area is 121 Å². The molecule has 2 aromatic rings. The molecule has 0 amide bonds. The fraction of sp³-hybridized carbons (Fsp3) is 0.308. The monoisotopic (exact) mass is 321 g/mol. The Hall–Kier alpha value is -1.69. The molecule has 1 aromatic carbocycles. The molecular formula is C13H16BrN5. The van der Waals surface area contributed by atoms with Gasteiger partial charge in [0.2, 0.25) is 5.95 Å². The van der Waals surface area contributed by atoms with Gasteiger partial charge in [0.15, 0.2) is 5.82 Å². The van der Waals surface area contributed by atoms with E-state index in [1.54, 1.807) is 6.20 Å². The van der Waals surface area contributed by atoms with Crippen LogP contribution in [0, 0.1) is 6.92 Å². The molecule has 6 heteroatoms. The summed E-state index contributed by atoms with van der Waals surface area (Å²) in [6.45, 7) is 6.13. The standard InChI is InChI=1S/C13H16BrN5/c1-8(2)16-12-7-15-19-13(18-12)17-10-4-5-11(14)9(3)6-10/h4-8H,1-3H3,(H2,16,17,18,19). The molecule has 0 aliphatic heterocycles. The Balaban J connectivity index is 2.16. The normalized spacial score (nSPS) is 10.6. The Morgan fingerprint density at radius 3 is 2.74 bits per heavy atom. The molecule has 0 radical (unpaired) electrons. The second-order valence-electron chi connectivity index (χ2n) is 4.55. The number of nitrogens with one attached hydrogen (secondary N) is 2. The van der Waals surface area contributed by atoms with E-state index in [0.717, 1.165) is 15.7 Å². The molecule has 0 aliphatic rings. The molecule has 0 spiro atoms. The van der Waals surface area contributed by atoms with Gasteiger partial charge in [-0.25, -0.2) is 0 Å². The molecule has 1 heterocycles. The second-order valence-corrected chi connectivity index (χ2v) is 5.41. The topological polar surface area (TPSA) is 62.7 Å². The molecule has 0 atom stereocenters. The lowest BCUT2D eigenvalue weighted by Gasteiger charge is -2.10. The minimum absolute atomic E-state index is 0.305. The molecular weight excluding hydrogens is 306 g/mol. The third kappa shape index (κ3) is 3.89. The quantitative estimate of drug-likeness (QED) is 0.902. The highest BCUT2D eigenvalue weighted by atomic mass is 79.9. The molecule has 1 aromatic heterocycles. The number of hydrogen-bond donors (Lipinski definition) is 2. The summed E-state index contributed by atoms with van der Waals surface area (Å²) in [5, 5.41) is 14.2. The van der Waals surface area contributed by atoms with Gasteiger partial charge in [0.25, 0.3) is 0 Å². The lowest BCUT2D eigenvalue weighted by atomic mass is 10.2. The number of aromatic nitrogens is 3. The summed E-state index contributed by atoms with van der Waals surface area (Å²) >= 11 is 3.47. The van der Waals surface area contributed by atoms with Crippen LogP contribution in [0.4, 0.5) is 17.5 Å². The van der Waals surface area contributed by atoms with Crippen LogP contribution in [-0.2, 0) is 0 Å². The van der Waals surface area contributed by atoms with Crippen molar-refractivity contribution in [2.24, 2.45) is 0 Å². The maximum absolute atomic E-state index is 4.35. The second kappa shape index (κ2) is 5.97. The SMILES string of the molecule is Cc1cc(Nc2nncc(NC(C)C)n2)ccc1Br. The van der Waals surface area contributed by atoms with Crippen molar-refractivity contribution < 1.29 is 0 Å². The van der Waals surface area contributed by atoms with Crippen molar-refractivity contribution in [1.29, 1.82) is 0 Å². The number of aryl methyl sites for hydroxylation is 1. The van der Waals surface area contributed by atoms with Gasteiger partial charge >= 0.3 is 0 Å². The Morgan fingerprint density at radius 1 is 1.26 bits per heavy atom. The third-order valence-corrected chi connectivity index (χ3v) is 3.30. The van der Waals surface area contributed by atoms with Gasteiger partial charge in [-0.05, 0) is 44.5 Å². The number of hydrogen-bond acceptors (Lipinski definition) is 5. The van der Waals surface area contributed by atoms with Crippen LogP contribution in [0.5, 0.6) is 0 Å². The van der Waals surface area contributed by atoms with Crippen LogP contribution in [0.3, 0.4) is 0 Å². The lowest BCUT2D eigenvalue weighted by Crippen LogP contribution is -2.12. The van der Waals surface area contributed by atoms with Gasteiger partial charge in [-0.15, -0.1) is 5.10 Å². The summed E-state index contributed by atoms with van der Waals surface area (Å²) in [6, 6.07) is 6.28. The zero-order valence-corrected chi connectivity index (χ0v) is 12.7. The van der Waals surface area contributed by atoms with E-state index >= 15 is 0 Å². The van der Waals surface area contributed by atoms with Crippen molar-refractivity contribution in [3.8, 4) is 0 Å². The Bertz CT molecular complexity index is 571. The predicted molar refractivity (Wildman–Crippen MR) is 80.7 cm³/mol. The van der Waals surface area contributed by atoms with Crippen LogP contribution < -0.4 is 10.6 Å². The highest BCUT2D eigenvalue weighted by Crippen LogP contribution is 2.21. The van der Waals surface area contributed by atoms with Crippen LogP contribution in [-0.4, -0.2) is 21.2 Å². The molecule has 0 aliphatic carbocycles. The lowest BCUT2D eigenvalue weighted by molar-refractivity contribution is 0.873. The first kappa shape index (κ1) is 13.7. The predicted octanol–water partition coefficient (Wildman–Crippen LogP) is 3.51. The van der Waals surface area contributed by atoms with Crippen LogP contribution in [0.1, 0.15) is 19.4 Å². The van der Waals surface area contributed by atoms with Gasteiger partial charge in [-0.2, -0.15) is 10.1 Å². The molecule has 100 valence electrons. The third-order valence-electron chi connectivity index (χ3n) is 2.41. The van der Waals surface area contributed by atoms with E-state index in [2.05, 4.69) is 41.7 Å². The molecule has 2 N–H and O–H groups in total. The van der Waals surface area contributed by atoms with Crippen molar-refractivity contribution in [1.82, 2.24) is 15.2 Å². The van der Waals surface area contributed by atoms with Gasteiger partial charge < -0.3 is 10.6 Å². The molecule has 0 saturated carbocycles. The molecule has 19 heavy (non-hydrogen) atoms. The van der Waals surface area contributed by atoms with Crippen molar-refractivity contribution in [2.45, 2.75) is 26.8 Å². The first-order valence-corrected chi connectivity index (χ1v) is 6.83. The van der Waals surface area contributed by atoms with E-state index < -0.39 is 0 Å². The molecule has 0 unspecified atom stereocenters. The highest BCUT2D eigenvalue weighted by Gasteiger charge is 2.03. The first-order chi connectivity index (χ1) is 9.04. The van der Waals surface area contributed by atoms with Crippen LogP contribution in [0.15, 0.2) is 28.9 Å². The van der Waals surface area contributed by atoms with Gasteiger partial charge in [0.05, 0.1) is 6.20 Å². The minimum Gasteiger partial charge on any atom is -0.366 e. The summed E-state index contributed by atoms with van der Waals surface area (Å²) in [5.41, 5.74) is 2.08. The zero-order valence-electron chi connectivity index (χ0n) is 11.1. The fourth-order valence-electron chi connectivity index (χ4n) is 1.57. The van der Waals surface area contributed by atoms with Crippen LogP contribution in [0.25, 0.3) is 0 Å². The molecule has 0 bridgehead atoms. The minimum atomic E-state index is 0.305. The Kier molecular flexibility index (Phi) is 4.31. The molecule has 2 rings (SSSR count). The van der Waals surface area contributed by atoms with Gasteiger partial charge in [-0.1, -0.05) is 15.9 Å². The average Bonchev–Trinajstić information content (AvgIpc) is 2.33. The van der Waals surface area contributed by atoms with E-state index in [9.17, 15) is 0 Å². The number of anilines is 3. The summed E-state index contributed by atoms with van der Waals surface area (Å²) in [6.07, 6.45) is 1.61. The van der Waals surface area contributed by atoms with E-state index in [1.807, 2.05) is 39.0 Å². The smallest absolute Gasteiger partial charge is 0.249 e. The van der Waals surface area contributed by atoms with Crippen molar-refractivity contribution in [3.05, 3.63) is 34.4 Å². The van der Waals surface area contributed by atoms with Gasteiger partial charge in [0, 0.05) is 16.2 Å². The summed E-state index contributed by atoms with van der Waals surface area (Å²) < 4.78 is 1.08. The van der Waals surface area contributed by atoms with Crippen LogP contribution in [0.2, 0.25) is 0 Å². The van der Waals surface area contributed by atoms with E-state index in [-0.39, 0.29) is 0 Å². The number of rotatable bonds is 4. The summed E-state index contributed by atoms with van der Waals surface area (Å²) in [4.78, 5) is 4.35. The number of nitrogens with zero attached hydrogens (tertiary/aromatic N) is 3. The van der Waals surface area contributed by atoms with Crippen molar-refractivity contribution >= 4 is 33.4 Å². The van der Waals surface area contributed by atoms with E-state index in [1.165, 1.54) is 0 Å². The molecule has 0 saturated heterocycles. The summed E-state index contributed by atoms with van der Waals surface area (Å²) in [5.74, 6) is 1.19. The fourth-order valence-corrected chi connectivity index (χ4v) is 1.82. The van der Waals surface area contributed by atoms with Crippen LogP contribution >= 0.6 is 15.9 Å². The number of halogens is 1. The zero-order chi connectivity index (χ0) is 13.8. The maximum atomic E-state index is 4.35. The van der Waals surface area contributed by atoms with E-state index in [0.29, 0.717) is 17.8 Å².